The predicted octanol–water partition coefficient (Wildman–Crippen LogP) is 0.890. The third-order valence-electron chi connectivity index (χ3n) is 2.96. The van der Waals surface area contributed by atoms with Gasteiger partial charge in [0, 0.05) is 39.6 Å². The topological polar surface area (TPSA) is 58.6 Å². The Morgan fingerprint density at radius 2 is 1.89 bits per heavy atom. The minimum absolute atomic E-state index is 0.0272. The Balaban J connectivity index is 3.95. The normalized spacial score (nSPS) is 13.8. The molecule has 0 heterocycles. The maximum atomic E-state index is 11.7. The highest BCUT2D eigenvalue weighted by molar-refractivity contribution is 5.80. The summed E-state index contributed by atoms with van der Waals surface area (Å²) >= 11 is 0. The van der Waals surface area contributed by atoms with Crippen molar-refractivity contribution in [3.63, 3.8) is 0 Å². The monoisotopic (exact) mass is 258 g/mol. The van der Waals surface area contributed by atoms with Gasteiger partial charge in [-0.15, -0.1) is 0 Å². The molecule has 0 spiro atoms. The second-order valence-corrected chi connectivity index (χ2v) is 4.75. The fourth-order valence-corrected chi connectivity index (χ4v) is 1.60. The van der Waals surface area contributed by atoms with Crippen LogP contribution < -0.4 is 5.32 Å². The van der Waals surface area contributed by atoms with Gasteiger partial charge in [-0.2, -0.15) is 0 Å². The van der Waals surface area contributed by atoms with Crippen molar-refractivity contribution in [1.29, 1.82) is 0 Å². The number of rotatable bonds is 8. The number of nitrogens with zero attached hydrogens (tertiary/aromatic N) is 1. The third-order valence-corrected chi connectivity index (χ3v) is 2.96. The summed E-state index contributed by atoms with van der Waals surface area (Å²) in [5.74, 6) is -0.0742. The number of hydrogen-bond donors (Lipinski definition) is 1. The van der Waals surface area contributed by atoms with E-state index in [4.69, 9.17) is 4.74 Å². The Morgan fingerprint density at radius 3 is 2.39 bits per heavy atom. The van der Waals surface area contributed by atoms with E-state index in [0.29, 0.717) is 26.2 Å². The number of hydrogen-bond acceptors (Lipinski definition) is 3. The van der Waals surface area contributed by atoms with Gasteiger partial charge in [0.25, 0.3) is 0 Å². The molecule has 0 fully saturated rings. The summed E-state index contributed by atoms with van der Waals surface area (Å²) in [5.41, 5.74) is 0. The van der Waals surface area contributed by atoms with Crippen LogP contribution in [0.4, 0.5) is 0 Å². The van der Waals surface area contributed by atoms with Crippen LogP contribution in [0.3, 0.4) is 0 Å². The van der Waals surface area contributed by atoms with Gasteiger partial charge in [0.2, 0.25) is 11.8 Å². The van der Waals surface area contributed by atoms with Crippen molar-refractivity contribution >= 4 is 11.8 Å². The molecule has 0 aliphatic heterocycles. The Kier molecular flexibility index (Phi) is 8.37. The minimum Gasteiger partial charge on any atom is -0.380 e. The summed E-state index contributed by atoms with van der Waals surface area (Å²) in [4.78, 5) is 24.9. The van der Waals surface area contributed by atoms with Gasteiger partial charge in [-0.25, -0.2) is 0 Å². The molecule has 2 unspecified atom stereocenters. The van der Waals surface area contributed by atoms with Crippen molar-refractivity contribution in [2.24, 2.45) is 11.8 Å². The summed E-state index contributed by atoms with van der Waals surface area (Å²) in [6.07, 6.45) is 0.368. The van der Waals surface area contributed by atoms with Gasteiger partial charge in [0.1, 0.15) is 0 Å². The molecule has 0 radical (unpaired) electrons. The van der Waals surface area contributed by atoms with E-state index in [9.17, 15) is 9.59 Å². The van der Waals surface area contributed by atoms with Gasteiger partial charge in [0.15, 0.2) is 0 Å². The van der Waals surface area contributed by atoms with E-state index in [1.807, 2.05) is 20.8 Å². The summed E-state index contributed by atoms with van der Waals surface area (Å²) in [5, 5.41) is 2.78. The van der Waals surface area contributed by atoms with Crippen LogP contribution in [-0.2, 0) is 14.3 Å². The second-order valence-electron chi connectivity index (χ2n) is 4.75. The molecule has 2 amide bonds. The van der Waals surface area contributed by atoms with E-state index in [2.05, 4.69) is 5.32 Å². The van der Waals surface area contributed by atoms with Gasteiger partial charge in [-0.1, -0.05) is 13.8 Å². The van der Waals surface area contributed by atoms with Crippen molar-refractivity contribution in [2.45, 2.75) is 27.2 Å². The molecule has 1 N–H and O–H groups in total. The molecule has 0 rings (SSSR count). The van der Waals surface area contributed by atoms with Gasteiger partial charge >= 0.3 is 0 Å². The van der Waals surface area contributed by atoms with Crippen LogP contribution >= 0.6 is 0 Å². The lowest BCUT2D eigenvalue weighted by molar-refractivity contribution is -0.134. The maximum absolute atomic E-state index is 11.7. The highest BCUT2D eigenvalue weighted by Crippen LogP contribution is 2.16. The number of amides is 2. The largest absolute Gasteiger partial charge is 0.380 e. The fourth-order valence-electron chi connectivity index (χ4n) is 1.60. The molecule has 18 heavy (non-hydrogen) atoms. The average Bonchev–Trinajstić information content (AvgIpc) is 2.32. The standard InChI is InChI=1S/C13H26N2O3/c1-6-18-8-7-14-12(16)9-10(2)11(3)13(17)15(4)5/h10-11H,6-9H2,1-5H3,(H,14,16). The van der Waals surface area contributed by atoms with Gasteiger partial charge in [-0.3, -0.25) is 9.59 Å². The smallest absolute Gasteiger partial charge is 0.225 e. The highest BCUT2D eigenvalue weighted by Gasteiger charge is 2.23. The van der Waals surface area contributed by atoms with Gasteiger partial charge in [0.05, 0.1) is 6.61 Å². The molecule has 0 aromatic rings. The van der Waals surface area contributed by atoms with Gasteiger partial charge < -0.3 is 15.0 Å². The SMILES string of the molecule is CCOCCNC(=O)CC(C)C(C)C(=O)N(C)C. The van der Waals surface area contributed by atoms with Crippen LogP contribution in [0.5, 0.6) is 0 Å². The molecule has 0 aliphatic carbocycles. The highest BCUT2D eigenvalue weighted by atomic mass is 16.5. The predicted molar refractivity (Wildman–Crippen MR) is 71.1 cm³/mol. The summed E-state index contributed by atoms with van der Waals surface area (Å²) in [7, 11) is 3.46. The summed E-state index contributed by atoms with van der Waals surface area (Å²) in [6, 6.07) is 0. The lowest BCUT2D eigenvalue weighted by Gasteiger charge is -2.22. The summed E-state index contributed by atoms with van der Waals surface area (Å²) in [6.45, 7) is 7.41. The van der Waals surface area contributed by atoms with Crippen LogP contribution in [0.25, 0.3) is 0 Å². The molecule has 5 nitrogen and oxygen atoms in total. The third kappa shape index (κ3) is 6.59. The van der Waals surface area contributed by atoms with Crippen molar-refractivity contribution in [3.05, 3.63) is 0 Å². The first kappa shape index (κ1) is 16.9. The zero-order chi connectivity index (χ0) is 14.1. The fraction of sp³-hybridized carbons (Fsp3) is 0.846. The van der Waals surface area contributed by atoms with Crippen molar-refractivity contribution in [2.75, 3.05) is 33.9 Å². The average molecular weight is 258 g/mol. The lowest BCUT2D eigenvalue weighted by atomic mass is 9.91. The van der Waals surface area contributed by atoms with Crippen LogP contribution in [0.2, 0.25) is 0 Å². The number of carbonyl (C=O) groups excluding carboxylic acids is 2. The van der Waals surface area contributed by atoms with Crippen molar-refractivity contribution in [3.8, 4) is 0 Å². The molecule has 0 aromatic carbocycles. The quantitative estimate of drug-likeness (QED) is 0.658. The molecular weight excluding hydrogens is 232 g/mol. The molecule has 106 valence electrons. The first-order chi connectivity index (χ1) is 8.40. The van der Waals surface area contributed by atoms with Gasteiger partial charge in [-0.05, 0) is 12.8 Å². The van der Waals surface area contributed by atoms with E-state index in [0.717, 1.165) is 0 Å². The molecule has 5 heteroatoms. The van der Waals surface area contributed by atoms with Crippen LogP contribution in [-0.4, -0.2) is 50.6 Å². The first-order valence-electron chi connectivity index (χ1n) is 6.45. The maximum Gasteiger partial charge on any atom is 0.225 e. The zero-order valence-electron chi connectivity index (χ0n) is 12.2. The number of ether oxygens (including phenoxy) is 1. The van der Waals surface area contributed by atoms with E-state index < -0.39 is 0 Å². The lowest BCUT2D eigenvalue weighted by Crippen LogP contribution is -2.35. The molecule has 0 saturated heterocycles. The van der Waals surface area contributed by atoms with E-state index in [-0.39, 0.29) is 23.7 Å². The van der Waals surface area contributed by atoms with Crippen LogP contribution in [0, 0.1) is 11.8 Å². The minimum atomic E-state index is -0.141. The molecule has 0 bridgehead atoms. The van der Waals surface area contributed by atoms with Crippen molar-refractivity contribution in [1.82, 2.24) is 10.2 Å². The molecule has 0 saturated carbocycles. The first-order valence-corrected chi connectivity index (χ1v) is 6.45. The number of carbonyl (C=O) groups is 2. The second kappa shape index (κ2) is 8.91. The van der Waals surface area contributed by atoms with Crippen LogP contribution in [0.15, 0.2) is 0 Å². The Bertz CT molecular complexity index is 267. The zero-order valence-corrected chi connectivity index (χ0v) is 12.2. The van der Waals surface area contributed by atoms with Crippen LogP contribution in [0.1, 0.15) is 27.2 Å². The molecule has 2 atom stereocenters. The molecule has 0 aliphatic rings. The van der Waals surface area contributed by atoms with E-state index >= 15 is 0 Å². The Hall–Kier alpha value is -1.10. The molecular formula is C13H26N2O3. The molecule has 0 aromatic heterocycles. The summed E-state index contributed by atoms with van der Waals surface area (Å²) < 4.78 is 5.13. The van der Waals surface area contributed by atoms with Crippen molar-refractivity contribution < 1.29 is 14.3 Å². The number of nitrogens with one attached hydrogen (secondary N) is 1. The van der Waals surface area contributed by atoms with E-state index in [1.54, 1.807) is 19.0 Å². The Labute approximate surface area is 110 Å². The Morgan fingerprint density at radius 1 is 1.28 bits per heavy atom. The van der Waals surface area contributed by atoms with E-state index in [1.165, 1.54) is 0 Å².